The van der Waals surface area contributed by atoms with Gasteiger partial charge in [0.05, 0.1) is 18.5 Å². The van der Waals surface area contributed by atoms with Crippen molar-refractivity contribution in [2.45, 2.75) is 0 Å². The molecule has 0 saturated heterocycles. The smallest absolute Gasteiger partial charge is 0.234 e. The largest absolute Gasteiger partial charge is 0.497 e. The standard InChI is InChI=1S/C18H14ClN5OS2.ClH/c1-25-14-8-6-13(7-9-14)24-16(22-23-18(24)26)21-17-20-15(10-27-17)11-2-4-12(19)5-3-11;/h2-10H,1H3,(H,23,26)(H,20,21,22);1H. The molecule has 2 aromatic heterocycles. The number of ether oxygens (including phenoxy) is 1. The van der Waals surface area contributed by atoms with E-state index in [1.165, 1.54) is 11.3 Å². The highest BCUT2D eigenvalue weighted by Crippen LogP contribution is 2.28. The minimum Gasteiger partial charge on any atom is -0.497 e. The quantitative estimate of drug-likeness (QED) is 0.370. The van der Waals surface area contributed by atoms with Crippen molar-refractivity contribution < 1.29 is 4.74 Å². The van der Waals surface area contributed by atoms with E-state index in [-0.39, 0.29) is 12.4 Å². The highest BCUT2D eigenvalue weighted by molar-refractivity contribution is 7.71. The van der Waals surface area contributed by atoms with Gasteiger partial charge in [0.25, 0.3) is 0 Å². The van der Waals surface area contributed by atoms with E-state index in [1.807, 2.05) is 53.9 Å². The van der Waals surface area contributed by atoms with Crippen LogP contribution < -0.4 is 10.1 Å². The first-order chi connectivity index (χ1) is 13.1. The number of aromatic amines is 1. The third kappa shape index (κ3) is 4.20. The lowest BCUT2D eigenvalue weighted by molar-refractivity contribution is 0.414. The number of methoxy groups -OCH3 is 1. The summed E-state index contributed by atoms with van der Waals surface area (Å²) in [5.74, 6) is 1.33. The lowest BCUT2D eigenvalue weighted by Crippen LogP contribution is -2.02. The molecule has 0 unspecified atom stereocenters. The van der Waals surface area contributed by atoms with Crippen molar-refractivity contribution in [3.05, 3.63) is 63.7 Å². The lowest BCUT2D eigenvalue weighted by Gasteiger charge is -2.08. The number of H-pyrrole nitrogens is 1. The molecule has 4 rings (SSSR count). The van der Waals surface area contributed by atoms with E-state index in [9.17, 15) is 0 Å². The van der Waals surface area contributed by atoms with E-state index in [1.54, 1.807) is 11.7 Å². The zero-order chi connectivity index (χ0) is 18.8. The van der Waals surface area contributed by atoms with Crippen LogP contribution in [0.25, 0.3) is 16.9 Å². The van der Waals surface area contributed by atoms with Crippen molar-refractivity contribution in [3.8, 4) is 22.7 Å². The zero-order valence-electron chi connectivity index (χ0n) is 14.5. The Morgan fingerprint density at radius 3 is 2.54 bits per heavy atom. The number of anilines is 2. The first-order valence-electron chi connectivity index (χ1n) is 7.94. The summed E-state index contributed by atoms with van der Waals surface area (Å²) in [4.78, 5) is 4.62. The maximum absolute atomic E-state index is 5.95. The Kier molecular flexibility index (Phi) is 6.35. The topological polar surface area (TPSA) is 67.8 Å². The van der Waals surface area contributed by atoms with Gasteiger partial charge >= 0.3 is 0 Å². The second-order valence-corrected chi connectivity index (χ2v) is 7.24. The van der Waals surface area contributed by atoms with Gasteiger partial charge in [0.15, 0.2) is 5.13 Å². The molecule has 0 saturated carbocycles. The van der Waals surface area contributed by atoms with Crippen molar-refractivity contribution in [1.29, 1.82) is 0 Å². The Labute approximate surface area is 181 Å². The summed E-state index contributed by atoms with van der Waals surface area (Å²) in [7, 11) is 1.63. The summed E-state index contributed by atoms with van der Waals surface area (Å²) in [5, 5.41) is 13.7. The number of aromatic nitrogens is 4. The molecule has 144 valence electrons. The van der Waals surface area contributed by atoms with Gasteiger partial charge in [0, 0.05) is 16.0 Å². The van der Waals surface area contributed by atoms with Gasteiger partial charge in [-0.1, -0.05) is 23.7 Å². The van der Waals surface area contributed by atoms with E-state index >= 15 is 0 Å². The molecular weight excluding hydrogens is 437 g/mol. The van der Waals surface area contributed by atoms with Crippen molar-refractivity contribution in [1.82, 2.24) is 19.7 Å². The predicted octanol–water partition coefficient (Wildman–Crippen LogP) is 5.88. The summed E-state index contributed by atoms with van der Waals surface area (Å²) >= 11 is 12.8. The highest BCUT2D eigenvalue weighted by atomic mass is 35.5. The molecule has 0 atom stereocenters. The minimum absolute atomic E-state index is 0. The maximum atomic E-state index is 5.95. The van der Waals surface area contributed by atoms with Crippen LogP contribution in [0.5, 0.6) is 5.75 Å². The predicted molar refractivity (Wildman–Crippen MR) is 118 cm³/mol. The van der Waals surface area contributed by atoms with Crippen LogP contribution in [0.15, 0.2) is 53.9 Å². The van der Waals surface area contributed by atoms with E-state index in [2.05, 4.69) is 20.5 Å². The van der Waals surface area contributed by atoms with Crippen LogP contribution in [0.3, 0.4) is 0 Å². The van der Waals surface area contributed by atoms with E-state index < -0.39 is 0 Å². The molecule has 28 heavy (non-hydrogen) atoms. The Balaban J connectivity index is 0.00000225. The second kappa shape index (κ2) is 8.74. The first kappa shape index (κ1) is 20.3. The van der Waals surface area contributed by atoms with E-state index in [0.717, 1.165) is 22.7 Å². The molecule has 0 amide bonds. The average molecular weight is 452 g/mol. The van der Waals surface area contributed by atoms with Gasteiger partial charge in [0.2, 0.25) is 10.7 Å². The normalized spacial score (nSPS) is 10.4. The first-order valence-corrected chi connectivity index (χ1v) is 9.61. The summed E-state index contributed by atoms with van der Waals surface area (Å²) < 4.78 is 7.49. The van der Waals surface area contributed by atoms with Crippen molar-refractivity contribution >= 4 is 58.6 Å². The summed E-state index contributed by atoms with van der Waals surface area (Å²) in [5.41, 5.74) is 2.73. The van der Waals surface area contributed by atoms with Crippen LogP contribution in [0.2, 0.25) is 5.02 Å². The number of thiazole rings is 1. The SMILES string of the molecule is COc1ccc(-n2c(Nc3nc(-c4ccc(Cl)cc4)cs3)n[nH]c2=S)cc1.Cl. The monoisotopic (exact) mass is 451 g/mol. The molecule has 0 aliphatic carbocycles. The number of hydrogen-bond donors (Lipinski definition) is 2. The molecular formula is C18H15Cl2N5OS2. The lowest BCUT2D eigenvalue weighted by atomic mass is 10.2. The Bertz CT molecular complexity index is 1120. The van der Waals surface area contributed by atoms with Crippen LogP contribution in [-0.4, -0.2) is 26.9 Å². The molecule has 0 spiro atoms. The van der Waals surface area contributed by atoms with Gasteiger partial charge < -0.3 is 4.74 Å². The van der Waals surface area contributed by atoms with Gasteiger partial charge in [-0.05, 0) is 48.6 Å². The Hall–Kier alpha value is -2.39. The molecule has 0 bridgehead atoms. The maximum Gasteiger partial charge on any atom is 0.234 e. The van der Waals surface area contributed by atoms with Crippen molar-refractivity contribution in [2.24, 2.45) is 0 Å². The molecule has 2 N–H and O–H groups in total. The average Bonchev–Trinajstić information content (AvgIpc) is 3.30. The minimum atomic E-state index is 0. The third-order valence-electron chi connectivity index (χ3n) is 3.87. The molecule has 6 nitrogen and oxygen atoms in total. The number of rotatable bonds is 5. The summed E-state index contributed by atoms with van der Waals surface area (Å²) in [6.07, 6.45) is 0. The highest BCUT2D eigenvalue weighted by Gasteiger charge is 2.11. The molecule has 2 aromatic carbocycles. The van der Waals surface area contributed by atoms with Crippen LogP contribution in [0.1, 0.15) is 0 Å². The fourth-order valence-corrected chi connectivity index (χ4v) is 3.61. The van der Waals surface area contributed by atoms with Gasteiger partial charge in [-0.2, -0.15) is 0 Å². The van der Waals surface area contributed by atoms with Crippen molar-refractivity contribution in [2.75, 3.05) is 12.4 Å². The summed E-state index contributed by atoms with van der Waals surface area (Å²) in [6, 6.07) is 15.1. The van der Waals surface area contributed by atoms with E-state index in [4.69, 9.17) is 28.6 Å². The van der Waals surface area contributed by atoms with Crippen LogP contribution in [-0.2, 0) is 0 Å². The Morgan fingerprint density at radius 2 is 1.86 bits per heavy atom. The van der Waals surface area contributed by atoms with E-state index in [0.29, 0.717) is 20.9 Å². The van der Waals surface area contributed by atoms with Crippen LogP contribution in [0.4, 0.5) is 11.1 Å². The second-order valence-electron chi connectivity index (χ2n) is 5.56. The molecule has 0 fully saturated rings. The van der Waals surface area contributed by atoms with Gasteiger partial charge in [-0.3, -0.25) is 9.88 Å². The number of halogens is 2. The molecule has 10 heteroatoms. The van der Waals surface area contributed by atoms with Gasteiger partial charge in [-0.25, -0.2) is 10.1 Å². The van der Waals surface area contributed by atoms with Crippen LogP contribution in [0, 0.1) is 4.77 Å². The van der Waals surface area contributed by atoms with Gasteiger partial charge in [0.1, 0.15) is 5.75 Å². The number of benzene rings is 2. The Morgan fingerprint density at radius 1 is 1.14 bits per heavy atom. The van der Waals surface area contributed by atoms with Crippen LogP contribution >= 0.6 is 47.6 Å². The third-order valence-corrected chi connectivity index (χ3v) is 5.15. The number of nitrogens with one attached hydrogen (secondary N) is 2. The molecule has 2 heterocycles. The fraction of sp³-hybridized carbons (Fsp3) is 0.0556. The van der Waals surface area contributed by atoms with Crippen molar-refractivity contribution in [3.63, 3.8) is 0 Å². The summed E-state index contributed by atoms with van der Waals surface area (Å²) in [6.45, 7) is 0. The molecule has 4 aromatic rings. The fourth-order valence-electron chi connectivity index (χ4n) is 2.53. The van der Waals surface area contributed by atoms with Gasteiger partial charge in [-0.15, -0.1) is 28.8 Å². The molecule has 0 aliphatic heterocycles. The number of hydrogen-bond acceptors (Lipinski definition) is 6. The zero-order valence-corrected chi connectivity index (χ0v) is 17.8. The molecule has 0 radical (unpaired) electrons. The number of nitrogens with zero attached hydrogens (tertiary/aromatic N) is 3. The molecule has 0 aliphatic rings.